The molecule has 1 amide bonds. The van der Waals surface area contributed by atoms with Crippen LogP contribution in [0.3, 0.4) is 0 Å². The molecule has 0 bridgehead atoms. The smallest absolute Gasteiger partial charge is 0.255 e. The van der Waals surface area contributed by atoms with E-state index in [1.54, 1.807) is 17.2 Å². The van der Waals surface area contributed by atoms with Crippen LogP contribution >= 0.6 is 11.6 Å². The standard InChI is InChI=1S/C22H27ClN4O2/c1-17-3-5-19(6-4-17)25-7-2-8-26(10-9-25)21-20(23)15-18(16-24-21)22(28)27-11-13-29-14-12-27/h3-6,15-16H,2,7-14H2,1H3. The summed E-state index contributed by atoms with van der Waals surface area (Å²) in [5.41, 5.74) is 3.06. The number of nitrogens with zero attached hydrogens (tertiary/aromatic N) is 4. The molecule has 0 spiro atoms. The molecule has 0 saturated carbocycles. The minimum Gasteiger partial charge on any atom is -0.378 e. The molecule has 2 aliphatic rings. The van der Waals surface area contributed by atoms with Gasteiger partial charge in [-0.05, 0) is 31.5 Å². The molecule has 2 aliphatic heterocycles. The quantitative estimate of drug-likeness (QED) is 0.771. The van der Waals surface area contributed by atoms with Gasteiger partial charge < -0.3 is 19.4 Å². The van der Waals surface area contributed by atoms with E-state index in [-0.39, 0.29) is 5.91 Å². The molecular weight excluding hydrogens is 388 g/mol. The highest BCUT2D eigenvalue weighted by atomic mass is 35.5. The summed E-state index contributed by atoms with van der Waals surface area (Å²) in [5, 5.41) is 0.535. The summed E-state index contributed by atoms with van der Waals surface area (Å²) in [5.74, 6) is 0.728. The fourth-order valence-electron chi connectivity index (χ4n) is 3.87. The molecule has 0 aliphatic carbocycles. The first-order valence-corrected chi connectivity index (χ1v) is 10.6. The highest BCUT2D eigenvalue weighted by Crippen LogP contribution is 2.27. The number of carbonyl (C=O) groups is 1. The molecule has 0 N–H and O–H groups in total. The molecule has 4 rings (SSSR count). The van der Waals surface area contributed by atoms with Crippen molar-refractivity contribution in [1.29, 1.82) is 0 Å². The molecule has 7 heteroatoms. The highest BCUT2D eigenvalue weighted by molar-refractivity contribution is 6.33. The van der Waals surface area contributed by atoms with E-state index in [9.17, 15) is 4.79 Å². The molecule has 2 saturated heterocycles. The van der Waals surface area contributed by atoms with Gasteiger partial charge in [0.25, 0.3) is 5.91 Å². The Kier molecular flexibility index (Phi) is 6.21. The molecule has 29 heavy (non-hydrogen) atoms. The van der Waals surface area contributed by atoms with Crippen LogP contribution in [0.2, 0.25) is 5.02 Å². The summed E-state index contributed by atoms with van der Waals surface area (Å²) in [4.78, 5) is 23.7. The number of hydrogen-bond donors (Lipinski definition) is 0. The van der Waals surface area contributed by atoms with Gasteiger partial charge in [-0.1, -0.05) is 29.3 Å². The number of ether oxygens (including phenoxy) is 1. The van der Waals surface area contributed by atoms with Gasteiger partial charge in [0.1, 0.15) is 5.82 Å². The normalized spacial score (nSPS) is 17.9. The van der Waals surface area contributed by atoms with Crippen LogP contribution in [0, 0.1) is 6.92 Å². The molecule has 2 aromatic rings. The first kappa shape index (κ1) is 20.0. The summed E-state index contributed by atoms with van der Waals surface area (Å²) in [6, 6.07) is 10.4. The Morgan fingerprint density at radius 2 is 1.69 bits per heavy atom. The fourth-order valence-corrected chi connectivity index (χ4v) is 4.16. The summed E-state index contributed by atoms with van der Waals surface area (Å²) < 4.78 is 5.32. The Bertz CT molecular complexity index is 852. The number of benzene rings is 1. The molecule has 1 aromatic heterocycles. The number of carbonyl (C=O) groups excluding carboxylic acids is 1. The van der Waals surface area contributed by atoms with Gasteiger partial charge in [-0.25, -0.2) is 4.98 Å². The molecule has 1 aromatic carbocycles. The van der Waals surface area contributed by atoms with E-state index < -0.39 is 0 Å². The van der Waals surface area contributed by atoms with Crippen molar-refractivity contribution in [2.24, 2.45) is 0 Å². The SMILES string of the molecule is Cc1ccc(N2CCCN(c3ncc(C(=O)N4CCOCC4)cc3Cl)CC2)cc1. The number of aryl methyl sites for hydroxylation is 1. The van der Waals surface area contributed by atoms with Crippen molar-refractivity contribution in [2.45, 2.75) is 13.3 Å². The highest BCUT2D eigenvalue weighted by Gasteiger charge is 2.22. The van der Waals surface area contributed by atoms with Crippen molar-refractivity contribution in [3.05, 3.63) is 52.7 Å². The average Bonchev–Trinajstić information content (AvgIpc) is 3.00. The van der Waals surface area contributed by atoms with E-state index >= 15 is 0 Å². The maximum atomic E-state index is 12.7. The minimum atomic E-state index is -0.0318. The van der Waals surface area contributed by atoms with Crippen LogP contribution in [0.4, 0.5) is 11.5 Å². The lowest BCUT2D eigenvalue weighted by atomic mass is 10.2. The second kappa shape index (κ2) is 9.01. The lowest BCUT2D eigenvalue weighted by Crippen LogP contribution is -2.40. The Hall–Kier alpha value is -2.31. The first-order valence-electron chi connectivity index (χ1n) is 10.2. The third-order valence-corrected chi connectivity index (χ3v) is 5.84. The van der Waals surface area contributed by atoms with Gasteiger partial charge in [0.05, 0.1) is 23.8 Å². The van der Waals surface area contributed by atoms with Gasteiger partial charge in [0.2, 0.25) is 0 Å². The second-order valence-electron chi connectivity index (χ2n) is 7.60. The Morgan fingerprint density at radius 3 is 2.41 bits per heavy atom. The summed E-state index contributed by atoms with van der Waals surface area (Å²) in [7, 11) is 0. The van der Waals surface area contributed by atoms with Crippen molar-refractivity contribution >= 4 is 29.0 Å². The van der Waals surface area contributed by atoms with E-state index in [0.717, 1.165) is 38.4 Å². The molecule has 2 fully saturated rings. The molecular formula is C22H27ClN4O2. The maximum Gasteiger partial charge on any atom is 0.255 e. The lowest BCUT2D eigenvalue weighted by Gasteiger charge is -2.27. The van der Waals surface area contributed by atoms with Gasteiger partial charge in [0.15, 0.2) is 0 Å². The van der Waals surface area contributed by atoms with E-state index in [2.05, 4.69) is 46.0 Å². The van der Waals surface area contributed by atoms with Crippen LogP contribution in [0.15, 0.2) is 36.5 Å². The zero-order valence-corrected chi connectivity index (χ0v) is 17.6. The van der Waals surface area contributed by atoms with Gasteiger partial charge in [-0.15, -0.1) is 0 Å². The number of pyridine rings is 1. The Labute approximate surface area is 177 Å². The number of rotatable bonds is 3. The van der Waals surface area contributed by atoms with Crippen molar-refractivity contribution in [3.63, 3.8) is 0 Å². The molecule has 0 atom stereocenters. The predicted octanol–water partition coefficient (Wildman–Crippen LogP) is 3.23. The van der Waals surface area contributed by atoms with Crippen molar-refractivity contribution in [1.82, 2.24) is 9.88 Å². The predicted molar refractivity (Wildman–Crippen MR) is 116 cm³/mol. The zero-order valence-electron chi connectivity index (χ0n) is 16.8. The van der Waals surface area contributed by atoms with E-state index in [0.29, 0.717) is 36.9 Å². The third kappa shape index (κ3) is 4.65. The number of aromatic nitrogens is 1. The molecule has 0 unspecified atom stereocenters. The van der Waals surface area contributed by atoms with Crippen molar-refractivity contribution < 1.29 is 9.53 Å². The topological polar surface area (TPSA) is 48.9 Å². The third-order valence-electron chi connectivity index (χ3n) is 5.56. The number of amides is 1. The Morgan fingerprint density at radius 1 is 1.00 bits per heavy atom. The number of anilines is 2. The van der Waals surface area contributed by atoms with Gasteiger partial charge >= 0.3 is 0 Å². The summed E-state index contributed by atoms with van der Waals surface area (Å²) >= 11 is 6.56. The van der Waals surface area contributed by atoms with E-state index in [4.69, 9.17) is 16.3 Å². The Balaban J connectivity index is 1.44. The zero-order chi connectivity index (χ0) is 20.2. The minimum absolute atomic E-state index is 0.0318. The molecule has 0 radical (unpaired) electrons. The fraction of sp³-hybridized carbons (Fsp3) is 0.455. The summed E-state index contributed by atoms with van der Waals surface area (Å²) in [6.45, 7) is 8.14. The van der Waals surface area contributed by atoms with Gasteiger partial charge in [-0.3, -0.25) is 4.79 Å². The van der Waals surface area contributed by atoms with Gasteiger partial charge in [0, 0.05) is 51.2 Å². The molecule has 154 valence electrons. The lowest BCUT2D eigenvalue weighted by molar-refractivity contribution is 0.0302. The number of hydrogen-bond acceptors (Lipinski definition) is 5. The van der Waals surface area contributed by atoms with Crippen LogP contribution in [0.1, 0.15) is 22.3 Å². The van der Waals surface area contributed by atoms with Crippen molar-refractivity contribution in [2.75, 3.05) is 62.3 Å². The summed E-state index contributed by atoms with van der Waals surface area (Å²) in [6.07, 6.45) is 2.68. The number of halogens is 1. The average molecular weight is 415 g/mol. The second-order valence-corrected chi connectivity index (χ2v) is 8.00. The molecule has 3 heterocycles. The van der Waals surface area contributed by atoms with Crippen molar-refractivity contribution in [3.8, 4) is 0 Å². The van der Waals surface area contributed by atoms with E-state index in [1.165, 1.54) is 11.3 Å². The van der Waals surface area contributed by atoms with Crippen LogP contribution in [-0.2, 0) is 4.74 Å². The van der Waals surface area contributed by atoms with Crippen LogP contribution < -0.4 is 9.80 Å². The molecule has 6 nitrogen and oxygen atoms in total. The largest absolute Gasteiger partial charge is 0.378 e. The first-order chi connectivity index (χ1) is 14.1. The van der Waals surface area contributed by atoms with E-state index in [1.807, 2.05) is 0 Å². The van der Waals surface area contributed by atoms with Crippen LogP contribution in [0.25, 0.3) is 0 Å². The monoisotopic (exact) mass is 414 g/mol. The van der Waals surface area contributed by atoms with Crippen LogP contribution in [-0.4, -0.2) is 68.3 Å². The van der Waals surface area contributed by atoms with Crippen LogP contribution in [0.5, 0.6) is 0 Å². The number of morpholine rings is 1. The van der Waals surface area contributed by atoms with Gasteiger partial charge in [-0.2, -0.15) is 0 Å². The maximum absolute atomic E-state index is 12.7.